The maximum atomic E-state index is 13.4. The highest BCUT2D eigenvalue weighted by atomic mass is 19.4. The van der Waals surface area contributed by atoms with Crippen LogP contribution in [-0.2, 0) is 36.7 Å². The third-order valence-electron chi connectivity index (χ3n) is 10.3. The Kier molecular flexibility index (Phi) is 23.6. The van der Waals surface area contributed by atoms with E-state index in [9.17, 15) is 49.9 Å². The molecule has 0 aliphatic carbocycles. The third-order valence-corrected chi connectivity index (χ3v) is 10.3. The van der Waals surface area contributed by atoms with Crippen molar-refractivity contribution in [1.29, 1.82) is 0 Å². The van der Waals surface area contributed by atoms with Gasteiger partial charge in [-0.2, -0.15) is 13.2 Å². The summed E-state index contributed by atoms with van der Waals surface area (Å²) in [5, 5.41) is 0. The molecular formula is C49H59F7O8. The quantitative estimate of drug-likeness (QED) is 0.0622. The van der Waals surface area contributed by atoms with E-state index < -0.39 is 77.6 Å². The average Bonchev–Trinajstić information content (AvgIpc) is 3.31. The summed E-state index contributed by atoms with van der Waals surface area (Å²) < 4.78 is 109. The predicted molar refractivity (Wildman–Crippen MR) is 230 cm³/mol. The van der Waals surface area contributed by atoms with Crippen LogP contribution in [0.25, 0.3) is 0 Å². The van der Waals surface area contributed by atoms with Crippen LogP contribution in [0.5, 0.6) is 17.2 Å². The zero-order chi connectivity index (χ0) is 48.6. The van der Waals surface area contributed by atoms with Crippen LogP contribution >= 0.6 is 0 Å². The van der Waals surface area contributed by atoms with Crippen LogP contribution in [0.4, 0.5) is 30.7 Å². The van der Waals surface area contributed by atoms with Gasteiger partial charge in [0, 0.05) is 0 Å². The molecule has 0 spiro atoms. The number of para-hydroxylation sites is 2. The van der Waals surface area contributed by atoms with E-state index in [0.717, 1.165) is 17.7 Å². The molecular weight excluding hydrogens is 850 g/mol. The van der Waals surface area contributed by atoms with Gasteiger partial charge in [0.25, 0.3) is 0 Å². The molecule has 4 aromatic carbocycles. The number of rotatable bonds is 16. The van der Waals surface area contributed by atoms with E-state index in [2.05, 4.69) is 0 Å². The summed E-state index contributed by atoms with van der Waals surface area (Å²) >= 11 is 0. The lowest BCUT2D eigenvalue weighted by molar-refractivity contribution is -0.157. The molecule has 4 aromatic rings. The summed E-state index contributed by atoms with van der Waals surface area (Å²) in [7, 11) is 0. The van der Waals surface area contributed by atoms with E-state index in [1.165, 1.54) is 19.9 Å². The lowest BCUT2D eigenvalue weighted by atomic mass is 9.89. The first kappa shape index (κ1) is 56.3. The highest BCUT2D eigenvalue weighted by molar-refractivity contribution is 5.81. The van der Waals surface area contributed by atoms with Gasteiger partial charge in [-0.05, 0) is 101 Å². The molecule has 4 unspecified atom stereocenters. The van der Waals surface area contributed by atoms with E-state index in [1.54, 1.807) is 96.1 Å². The second kappa shape index (κ2) is 26.8. The van der Waals surface area contributed by atoms with Crippen molar-refractivity contribution in [2.75, 3.05) is 20.0 Å². The summed E-state index contributed by atoms with van der Waals surface area (Å²) in [4.78, 5) is 46.3. The number of ether oxygens (including phenoxy) is 4. The van der Waals surface area contributed by atoms with Crippen molar-refractivity contribution >= 4 is 23.9 Å². The van der Waals surface area contributed by atoms with Gasteiger partial charge < -0.3 is 18.9 Å². The van der Waals surface area contributed by atoms with Gasteiger partial charge >= 0.3 is 30.1 Å². The van der Waals surface area contributed by atoms with Gasteiger partial charge in [0.2, 0.25) is 5.67 Å². The number of esters is 4. The molecule has 0 amide bonds. The Bertz CT molecular complexity index is 1980. The molecule has 0 N–H and O–H groups in total. The van der Waals surface area contributed by atoms with E-state index in [4.69, 9.17) is 18.9 Å². The van der Waals surface area contributed by atoms with Crippen LogP contribution in [-0.4, -0.2) is 49.6 Å². The summed E-state index contributed by atoms with van der Waals surface area (Å²) in [5.74, 6) is -2.12. The van der Waals surface area contributed by atoms with E-state index in [0.29, 0.717) is 30.4 Å². The number of carbonyl (C=O) groups is 4. The summed E-state index contributed by atoms with van der Waals surface area (Å²) in [6.45, 7) is 10.4. The number of hydrogen-bond donors (Lipinski definition) is 0. The molecule has 0 heterocycles. The molecule has 8 nitrogen and oxygen atoms in total. The Balaban J connectivity index is 0.000000429. The van der Waals surface area contributed by atoms with Crippen molar-refractivity contribution in [3.05, 3.63) is 126 Å². The molecule has 0 aliphatic rings. The molecule has 352 valence electrons. The number of alkyl halides is 7. The van der Waals surface area contributed by atoms with Crippen LogP contribution < -0.4 is 14.2 Å². The van der Waals surface area contributed by atoms with E-state index in [-0.39, 0.29) is 25.2 Å². The summed E-state index contributed by atoms with van der Waals surface area (Å²) in [6, 6.07) is 30.5. The fourth-order valence-electron chi connectivity index (χ4n) is 4.31. The highest BCUT2D eigenvalue weighted by Crippen LogP contribution is 2.33. The molecule has 0 saturated carbocycles. The SMILES string of the molecule is CCC(C)(CF)C(=O)OCc1ccccc1.CCC(C)(CF)C(=O)Oc1cccc(C(F)(F)F)c1.CCC(C)(CF)C(=O)Oc1ccccc1.CCC(C)(F)C(=O)Oc1ccccc1. The number of carbonyl (C=O) groups excluding carboxylic acids is 4. The molecule has 4 atom stereocenters. The zero-order valence-electron chi connectivity index (χ0n) is 37.5. The predicted octanol–water partition coefficient (Wildman–Crippen LogP) is 12.8. The first-order chi connectivity index (χ1) is 30.0. The summed E-state index contributed by atoms with van der Waals surface area (Å²) in [6.07, 6.45) is -3.34. The van der Waals surface area contributed by atoms with Gasteiger partial charge in [0.1, 0.15) is 43.9 Å². The largest absolute Gasteiger partial charge is 0.460 e. The van der Waals surface area contributed by atoms with Crippen molar-refractivity contribution < 1.29 is 68.9 Å². The van der Waals surface area contributed by atoms with Crippen LogP contribution in [0.2, 0.25) is 0 Å². The Hall–Kier alpha value is -5.73. The van der Waals surface area contributed by atoms with E-state index in [1.807, 2.05) is 36.4 Å². The molecule has 4 rings (SSSR count). The lowest BCUT2D eigenvalue weighted by Gasteiger charge is -2.22. The van der Waals surface area contributed by atoms with Crippen molar-refractivity contribution in [3.63, 3.8) is 0 Å². The smallest absolute Gasteiger partial charge is 0.416 e. The minimum atomic E-state index is -4.52. The van der Waals surface area contributed by atoms with Gasteiger partial charge in [0.05, 0.1) is 21.8 Å². The minimum Gasteiger partial charge on any atom is -0.460 e. The molecule has 0 aliphatic heterocycles. The van der Waals surface area contributed by atoms with Gasteiger partial charge in [-0.25, -0.2) is 22.4 Å². The van der Waals surface area contributed by atoms with Crippen molar-refractivity contribution in [2.45, 2.75) is 99.5 Å². The minimum absolute atomic E-state index is 0.110. The van der Waals surface area contributed by atoms with Crippen molar-refractivity contribution in [1.82, 2.24) is 0 Å². The van der Waals surface area contributed by atoms with Crippen LogP contribution in [0, 0.1) is 16.2 Å². The Morgan fingerprint density at radius 3 is 1.19 bits per heavy atom. The normalized spacial score (nSPS) is 14.5. The highest BCUT2D eigenvalue weighted by Gasteiger charge is 2.36. The number of halogens is 7. The monoisotopic (exact) mass is 908 g/mol. The molecule has 0 saturated heterocycles. The first-order valence-electron chi connectivity index (χ1n) is 20.6. The third kappa shape index (κ3) is 18.5. The van der Waals surface area contributed by atoms with Crippen LogP contribution in [0.1, 0.15) is 92.2 Å². The first-order valence-corrected chi connectivity index (χ1v) is 20.6. The van der Waals surface area contributed by atoms with Crippen molar-refractivity contribution in [3.8, 4) is 17.2 Å². The molecule has 64 heavy (non-hydrogen) atoms. The average molecular weight is 909 g/mol. The summed E-state index contributed by atoms with van der Waals surface area (Å²) in [5.41, 5.74) is -5.29. The van der Waals surface area contributed by atoms with Gasteiger partial charge in [-0.3, -0.25) is 14.4 Å². The molecule has 0 fully saturated rings. The lowest BCUT2D eigenvalue weighted by Crippen LogP contribution is -2.33. The molecule has 0 bridgehead atoms. The second-order valence-electron chi connectivity index (χ2n) is 15.6. The standard InChI is InChI=1S/C13H14F4O2.C13H17FO2.C12H15FO2.C11H13FO2/c1-3-12(2,8-14)11(18)19-10-6-4-5-9(7-10)13(15,16)17;1-3-13(2,10-14)12(15)16-9-11-7-5-4-6-8-11;1-3-12(2,9-13)11(14)15-10-7-5-4-6-8-10;1-3-11(2,12)10(13)14-9-7-5-4-6-8-9/h4-7H,3,8H2,1-2H3;4-8H,3,9-10H2,1-2H3;4-8H,3,9H2,1-2H3;4-8H,3H2,1-2H3. The molecule has 15 heteroatoms. The fourth-order valence-corrected chi connectivity index (χ4v) is 4.31. The zero-order valence-corrected chi connectivity index (χ0v) is 37.5. The van der Waals surface area contributed by atoms with Crippen LogP contribution in [0.3, 0.4) is 0 Å². The second-order valence-corrected chi connectivity index (χ2v) is 15.6. The Morgan fingerprint density at radius 1 is 0.453 bits per heavy atom. The van der Waals surface area contributed by atoms with Gasteiger partial charge in [-0.1, -0.05) is 100 Å². The maximum absolute atomic E-state index is 13.4. The fraction of sp³-hybridized carbons (Fsp3) is 0.429. The number of hydrogen-bond acceptors (Lipinski definition) is 8. The molecule has 0 aromatic heterocycles. The van der Waals surface area contributed by atoms with E-state index >= 15 is 0 Å². The maximum Gasteiger partial charge on any atom is 0.416 e. The molecule has 0 radical (unpaired) electrons. The van der Waals surface area contributed by atoms with Crippen LogP contribution in [0.15, 0.2) is 115 Å². The topological polar surface area (TPSA) is 105 Å². The van der Waals surface area contributed by atoms with Gasteiger partial charge in [-0.15, -0.1) is 0 Å². The Morgan fingerprint density at radius 2 is 0.812 bits per heavy atom. The Labute approximate surface area is 371 Å². The van der Waals surface area contributed by atoms with Crippen molar-refractivity contribution in [2.24, 2.45) is 16.2 Å². The number of benzene rings is 4. The van der Waals surface area contributed by atoms with Gasteiger partial charge in [0.15, 0.2) is 0 Å².